The zero-order valence-electron chi connectivity index (χ0n) is 12.7. The van der Waals surface area contributed by atoms with E-state index in [2.05, 4.69) is 15.9 Å². The summed E-state index contributed by atoms with van der Waals surface area (Å²) in [7, 11) is -3.59. The molecule has 1 aromatic rings. The van der Waals surface area contributed by atoms with Crippen LogP contribution in [0.15, 0.2) is 27.6 Å². The Hall–Kier alpha value is -0.670. The van der Waals surface area contributed by atoms with E-state index in [1.54, 1.807) is 6.92 Å². The number of hydrogen-bond donors (Lipinski definition) is 1. The van der Waals surface area contributed by atoms with Gasteiger partial charge in [0.15, 0.2) is 0 Å². The van der Waals surface area contributed by atoms with Gasteiger partial charge in [0.05, 0.1) is 17.1 Å². The second-order valence-corrected chi connectivity index (χ2v) is 7.87. The molecule has 130 valence electrons. The highest BCUT2D eigenvalue weighted by Crippen LogP contribution is 2.28. The zero-order chi connectivity index (χ0) is 16.3. The van der Waals surface area contributed by atoms with Gasteiger partial charge in [-0.2, -0.15) is 4.31 Å². The number of benzene rings is 1. The monoisotopic (exact) mass is 426 g/mol. The summed E-state index contributed by atoms with van der Waals surface area (Å²) in [6, 6.07) is 4.42. The third-order valence-corrected chi connectivity index (χ3v) is 6.43. The summed E-state index contributed by atoms with van der Waals surface area (Å²) in [5.74, 6) is -0.476. The number of carbonyl (C=O) groups is 1. The molecule has 23 heavy (non-hydrogen) atoms. The van der Waals surface area contributed by atoms with Crippen LogP contribution in [0.4, 0.5) is 0 Å². The molecule has 0 spiro atoms. The summed E-state index contributed by atoms with van der Waals surface area (Å²) in [5, 5.41) is 0. The minimum Gasteiger partial charge on any atom is -0.462 e. The van der Waals surface area contributed by atoms with Crippen LogP contribution in [-0.2, 0) is 14.8 Å². The van der Waals surface area contributed by atoms with Crippen LogP contribution in [0.1, 0.15) is 30.1 Å². The lowest BCUT2D eigenvalue weighted by Crippen LogP contribution is -2.42. The van der Waals surface area contributed by atoms with Gasteiger partial charge in [-0.25, -0.2) is 13.2 Å². The van der Waals surface area contributed by atoms with Crippen molar-refractivity contribution < 1.29 is 17.9 Å². The van der Waals surface area contributed by atoms with E-state index in [0.29, 0.717) is 36.0 Å². The lowest BCUT2D eigenvalue weighted by atomic mass is 10.1. The van der Waals surface area contributed by atoms with Crippen molar-refractivity contribution in [3.63, 3.8) is 0 Å². The van der Waals surface area contributed by atoms with Crippen molar-refractivity contribution in [2.24, 2.45) is 5.73 Å². The Morgan fingerprint density at radius 3 is 2.52 bits per heavy atom. The molecule has 0 saturated carbocycles. The van der Waals surface area contributed by atoms with Gasteiger partial charge in [0.2, 0.25) is 10.0 Å². The highest BCUT2D eigenvalue weighted by atomic mass is 79.9. The zero-order valence-corrected chi connectivity index (χ0v) is 15.9. The smallest absolute Gasteiger partial charge is 0.338 e. The Morgan fingerprint density at radius 2 is 2.00 bits per heavy atom. The van der Waals surface area contributed by atoms with E-state index in [1.165, 1.54) is 22.5 Å². The van der Waals surface area contributed by atoms with E-state index >= 15 is 0 Å². The van der Waals surface area contributed by atoms with Crippen LogP contribution in [0.5, 0.6) is 0 Å². The largest absolute Gasteiger partial charge is 0.462 e. The van der Waals surface area contributed by atoms with Crippen molar-refractivity contribution in [1.29, 1.82) is 0 Å². The molecule has 0 atom stereocenters. The van der Waals surface area contributed by atoms with E-state index < -0.39 is 16.0 Å². The van der Waals surface area contributed by atoms with Gasteiger partial charge in [0, 0.05) is 23.6 Å². The first kappa shape index (κ1) is 20.4. The maximum absolute atomic E-state index is 12.7. The average molecular weight is 428 g/mol. The fourth-order valence-electron chi connectivity index (χ4n) is 2.31. The maximum atomic E-state index is 12.7. The highest BCUT2D eigenvalue weighted by molar-refractivity contribution is 9.10. The minimum atomic E-state index is -3.59. The summed E-state index contributed by atoms with van der Waals surface area (Å²) in [4.78, 5) is 11.8. The molecular weight excluding hydrogens is 408 g/mol. The highest BCUT2D eigenvalue weighted by Gasteiger charge is 2.30. The van der Waals surface area contributed by atoms with Gasteiger partial charge in [-0.3, -0.25) is 0 Å². The third kappa shape index (κ3) is 4.67. The number of esters is 1. The SMILES string of the molecule is CCOC(=O)c1ccc(S(=O)(=O)N2CCC(N)CC2)c(Br)c1.Cl. The Kier molecular flexibility index (Phi) is 7.47. The molecule has 1 saturated heterocycles. The number of hydrogen-bond acceptors (Lipinski definition) is 5. The van der Waals surface area contributed by atoms with E-state index in [-0.39, 0.29) is 30.0 Å². The van der Waals surface area contributed by atoms with Gasteiger partial charge < -0.3 is 10.5 Å². The van der Waals surface area contributed by atoms with Crippen LogP contribution < -0.4 is 5.73 Å². The normalized spacial score (nSPS) is 16.7. The minimum absolute atomic E-state index is 0. The van der Waals surface area contributed by atoms with Crippen LogP contribution in [0.2, 0.25) is 0 Å². The van der Waals surface area contributed by atoms with E-state index in [0.717, 1.165) is 0 Å². The third-order valence-electron chi connectivity index (χ3n) is 3.56. The quantitative estimate of drug-likeness (QED) is 0.744. The van der Waals surface area contributed by atoms with Gasteiger partial charge in [-0.05, 0) is 53.9 Å². The second-order valence-electron chi connectivity index (χ2n) is 5.11. The first-order valence-electron chi connectivity index (χ1n) is 7.08. The average Bonchev–Trinajstić information content (AvgIpc) is 2.47. The van der Waals surface area contributed by atoms with Gasteiger partial charge in [0.1, 0.15) is 0 Å². The molecule has 0 bridgehead atoms. The Morgan fingerprint density at radius 1 is 1.39 bits per heavy atom. The topological polar surface area (TPSA) is 89.7 Å². The Balaban J connectivity index is 0.00000264. The molecule has 0 aromatic heterocycles. The number of rotatable bonds is 4. The molecule has 6 nitrogen and oxygen atoms in total. The summed E-state index contributed by atoms with van der Waals surface area (Å²) < 4.78 is 32.0. The summed E-state index contributed by atoms with van der Waals surface area (Å²) >= 11 is 3.24. The molecule has 2 N–H and O–H groups in total. The van der Waals surface area contributed by atoms with E-state index in [1.807, 2.05) is 0 Å². The van der Waals surface area contributed by atoms with Crippen LogP contribution >= 0.6 is 28.3 Å². The van der Waals surface area contributed by atoms with Crippen molar-refractivity contribution >= 4 is 44.3 Å². The standard InChI is InChI=1S/C14H19BrN2O4S.ClH/c1-2-21-14(18)10-3-4-13(12(15)9-10)22(19,20)17-7-5-11(16)6-8-17;/h3-4,9,11H,2,5-8,16H2,1H3;1H. The predicted octanol–water partition coefficient (Wildman–Crippen LogP) is 2.16. The first-order valence-corrected chi connectivity index (χ1v) is 9.32. The fourth-order valence-corrected chi connectivity index (χ4v) is 4.81. The Labute approximate surface area is 151 Å². The molecule has 0 radical (unpaired) electrons. The predicted molar refractivity (Wildman–Crippen MR) is 93.3 cm³/mol. The summed E-state index contributed by atoms with van der Waals surface area (Å²) in [5.41, 5.74) is 6.12. The first-order chi connectivity index (χ1) is 10.4. The lowest BCUT2D eigenvalue weighted by molar-refractivity contribution is 0.0526. The van der Waals surface area contributed by atoms with E-state index in [4.69, 9.17) is 10.5 Å². The van der Waals surface area contributed by atoms with Crippen molar-refractivity contribution in [3.05, 3.63) is 28.2 Å². The van der Waals surface area contributed by atoms with Gasteiger partial charge in [-0.15, -0.1) is 12.4 Å². The second kappa shape index (κ2) is 8.43. The van der Waals surface area contributed by atoms with Crippen molar-refractivity contribution in [1.82, 2.24) is 4.31 Å². The van der Waals surface area contributed by atoms with Crippen LogP contribution in [0.3, 0.4) is 0 Å². The molecule has 1 aliphatic rings. The molecule has 1 heterocycles. The van der Waals surface area contributed by atoms with E-state index in [9.17, 15) is 13.2 Å². The molecule has 1 aliphatic heterocycles. The molecule has 1 fully saturated rings. The molecule has 0 aliphatic carbocycles. The molecule has 2 rings (SSSR count). The van der Waals surface area contributed by atoms with Crippen molar-refractivity contribution in [3.8, 4) is 0 Å². The number of nitrogens with zero attached hydrogens (tertiary/aromatic N) is 1. The van der Waals surface area contributed by atoms with Crippen molar-refractivity contribution in [2.75, 3.05) is 19.7 Å². The maximum Gasteiger partial charge on any atom is 0.338 e. The molecule has 9 heteroatoms. The Bertz CT molecular complexity index is 661. The molecule has 0 unspecified atom stereocenters. The van der Waals surface area contributed by atoms with Crippen molar-refractivity contribution in [2.45, 2.75) is 30.7 Å². The lowest BCUT2D eigenvalue weighted by Gasteiger charge is -2.29. The summed E-state index contributed by atoms with van der Waals surface area (Å²) in [6.45, 7) is 2.81. The number of sulfonamides is 1. The van der Waals surface area contributed by atoms with Gasteiger partial charge in [-0.1, -0.05) is 0 Å². The molecular formula is C14H20BrClN2O4S. The van der Waals surface area contributed by atoms with Crippen LogP contribution in [0.25, 0.3) is 0 Å². The fraction of sp³-hybridized carbons (Fsp3) is 0.500. The number of ether oxygens (including phenoxy) is 1. The number of carbonyl (C=O) groups excluding carboxylic acids is 1. The van der Waals surface area contributed by atoms with Gasteiger partial charge >= 0.3 is 5.97 Å². The number of halogens is 2. The summed E-state index contributed by atoms with van der Waals surface area (Å²) in [6.07, 6.45) is 1.30. The molecule has 1 aromatic carbocycles. The van der Waals surface area contributed by atoms with Crippen LogP contribution in [-0.4, -0.2) is 44.4 Å². The number of piperidine rings is 1. The van der Waals surface area contributed by atoms with Crippen LogP contribution in [0, 0.1) is 0 Å². The number of nitrogens with two attached hydrogens (primary N) is 1. The molecule has 0 amide bonds. The van der Waals surface area contributed by atoms with Gasteiger partial charge in [0.25, 0.3) is 0 Å².